The molecule has 2 aromatic rings. The van der Waals surface area contributed by atoms with Crippen molar-refractivity contribution in [3.8, 4) is 17.2 Å². The van der Waals surface area contributed by atoms with Crippen LogP contribution in [0.5, 0.6) is 17.2 Å². The van der Waals surface area contributed by atoms with E-state index in [4.69, 9.17) is 9.15 Å². The van der Waals surface area contributed by atoms with E-state index in [-0.39, 0.29) is 16.6 Å². The summed E-state index contributed by atoms with van der Waals surface area (Å²) in [6, 6.07) is 4.66. The van der Waals surface area contributed by atoms with E-state index >= 15 is 0 Å². The lowest BCUT2D eigenvalue weighted by Gasteiger charge is -2.21. The van der Waals surface area contributed by atoms with E-state index in [0.717, 1.165) is 0 Å². The van der Waals surface area contributed by atoms with Crippen molar-refractivity contribution in [2.75, 3.05) is 0 Å². The summed E-state index contributed by atoms with van der Waals surface area (Å²) in [6.45, 7) is 5.67. The smallest absolute Gasteiger partial charge is 0.382 e. The molecule has 0 spiro atoms. The molecule has 2 N–H and O–H groups in total. The third-order valence-electron chi connectivity index (χ3n) is 2.25. The molecule has 0 unspecified atom stereocenters. The zero-order chi connectivity index (χ0) is 13.5. The molecular formula is C13H14O5. The summed E-state index contributed by atoms with van der Waals surface area (Å²) >= 11 is 0. The second kappa shape index (κ2) is 3.94. The molecule has 18 heavy (non-hydrogen) atoms. The minimum absolute atomic E-state index is 0.164. The number of fused-ring (bicyclic) bond motifs is 1. The van der Waals surface area contributed by atoms with E-state index in [2.05, 4.69) is 0 Å². The molecule has 5 nitrogen and oxygen atoms in total. The minimum atomic E-state index is -0.979. The summed E-state index contributed by atoms with van der Waals surface area (Å²) in [5.74, 6) is -0.751. The lowest BCUT2D eigenvalue weighted by atomic mass is 10.1. The first-order chi connectivity index (χ1) is 8.28. The van der Waals surface area contributed by atoms with Crippen LogP contribution in [0.4, 0.5) is 0 Å². The Morgan fingerprint density at radius 2 is 1.83 bits per heavy atom. The number of benzene rings is 1. The van der Waals surface area contributed by atoms with Crippen LogP contribution in [0.15, 0.2) is 27.4 Å². The van der Waals surface area contributed by atoms with Crippen molar-refractivity contribution >= 4 is 11.0 Å². The molecule has 0 saturated carbocycles. The van der Waals surface area contributed by atoms with Crippen LogP contribution in [-0.4, -0.2) is 15.8 Å². The SMILES string of the molecule is CC(C)(C)Oc1ccc2c(O)c(O)c(=O)oc2c1. The van der Waals surface area contributed by atoms with Gasteiger partial charge < -0.3 is 19.4 Å². The van der Waals surface area contributed by atoms with Gasteiger partial charge in [0, 0.05) is 6.07 Å². The summed E-state index contributed by atoms with van der Waals surface area (Å²) in [5.41, 5.74) is -1.20. The average Bonchev–Trinajstić information content (AvgIpc) is 2.23. The molecular weight excluding hydrogens is 236 g/mol. The van der Waals surface area contributed by atoms with E-state index in [1.807, 2.05) is 20.8 Å². The molecule has 1 heterocycles. The number of aromatic hydroxyl groups is 2. The van der Waals surface area contributed by atoms with Crippen LogP contribution in [0.1, 0.15) is 20.8 Å². The van der Waals surface area contributed by atoms with Crippen LogP contribution in [-0.2, 0) is 0 Å². The van der Waals surface area contributed by atoms with Gasteiger partial charge in [-0.25, -0.2) is 4.79 Å². The molecule has 96 valence electrons. The molecule has 2 rings (SSSR count). The first-order valence-corrected chi connectivity index (χ1v) is 5.46. The zero-order valence-corrected chi connectivity index (χ0v) is 10.4. The highest BCUT2D eigenvalue weighted by molar-refractivity contribution is 5.86. The summed E-state index contributed by atoms with van der Waals surface area (Å²) in [7, 11) is 0. The van der Waals surface area contributed by atoms with Crippen LogP contribution in [0.3, 0.4) is 0 Å². The van der Waals surface area contributed by atoms with Crippen LogP contribution in [0, 0.1) is 0 Å². The highest BCUT2D eigenvalue weighted by Gasteiger charge is 2.16. The Labute approximate surface area is 103 Å². The summed E-state index contributed by atoms with van der Waals surface area (Å²) in [4.78, 5) is 11.2. The van der Waals surface area contributed by atoms with Gasteiger partial charge in [-0.05, 0) is 32.9 Å². The minimum Gasteiger partial charge on any atom is -0.504 e. The maximum atomic E-state index is 11.2. The number of ether oxygens (including phenoxy) is 1. The molecule has 0 aliphatic heterocycles. The van der Waals surface area contributed by atoms with Crippen molar-refractivity contribution in [3.63, 3.8) is 0 Å². The van der Waals surface area contributed by atoms with E-state index < -0.39 is 17.1 Å². The highest BCUT2D eigenvalue weighted by atomic mass is 16.5. The summed E-state index contributed by atoms with van der Waals surface area (Å²) < 4.78 is 10.5. The number of hydrogen-bond acceptors (Lipinski definition) is 5. The Kier molecular flexibility index (Phi) is 2.69. The molecule has 0 saturated heterocycles. The van der Waals surface area contributed by atoms with Crippen molar-refractivity contribution in [2.24, 2.45) is 0 Å². The second-order valence-corrected chi connectivity index (χ2v) is 4.96. The molecule has 0 atom stereocenters. The third kappa shape index (κ3) is 2.25. The van der Waals surface area contributed by atoms with Gasteiger partial charge in [0.05, 0.1) is 5.39 Å². The Bertz CT molecular complexity index is 649. The second-order valence-electron chi connectivity index (χ2n) is 4.96. The fourth-order valence-corrected chi connectivity index (χ4v) is 1.57. The van der Waals surface area contributed by atoms with Gasteiger partial charge in [0.2, 0.25) is 5.75 Å². The molecule has 1 aromatic heterocycles. The van der Waals surface area contributed by atoms with E-state index in [0.29, 0.717) is 5.75 Å². The Hall–Kier alpha value is -2.17. The van der Waals surface area contributed by atoms with Gasteiger partial charge in [-0.15, -0.1) is 0 Å². The zero-order valence-electron chi connectivity index (χ0n) is 10.4. The predicted octanol–water partition coefficient (Wildman–Crippen LogP) is 2.38. The molecule has 5 heteroatoms. The monoisotopic (exact) mass is 250 g/mol. The molecule has 1 aromatic carbocycles. The summed E-state index contributed by atoms with van der Waals surface area (Å²) in [6.07, 6.45) is 0. The van der Waals surface area contributed by atoms with Crippen molar-refractivity contribution < 1.29 is 19.4 Å². The van der Waals surface area contributed by atoms with Crippen molar-refractivity contribution in [1.29, 1.82) is 0 Å². The van der Waals surface area contributed by atoms with Gasteiger partial charge in [0.15, 0.2) is 5.75 Å². The van der Waals surface area contributed by atoms with Crippen LogP contribution in [0.25, 0.3) is 11.0 Å². The molecule has 0 fully saturated rings. The topological polar surface area (TPSA) is 79.9 Å². The maximum Gasteiger partial charge on any atom is 0.382 e. The van der Waals surface area contributed by atoms with Crippen LogP contribution < -0.4 is 10.4 Å². The van der Waals surface area contributed by atoms with Crippen molar-refractivity contribution in [2.45, 2.75) is 26.4 Å². The van der Waals surface area contributed by atoms with E-state index in [9.17, 15) is 15.0 Å². The number of hydrogen-bond donors (Lipinski definition) is 2. The fourth-order valence-electron chi connectivity index (χ4n) is 1.57. The maximum absolute atomic E-state index is 11.2. The molecule has 0 bridgehead atoms. The largest absolute Gasteiger partial charge is 0.504 e. The molecule has 0 aliphatic carbocycles. The van der Waals surface area contributed by atoms with Crippen molar-refractivity contribution in [3.05, 3.63) is 28.6 Å². The quantitative estimate of drug-likeness (QED) is 0.759. The third-order valence-corrected chi connectivity index (χ3v) is 2.25. The predicted molar refractivity (Wildman–Crippen MR) is 66.2 cm³/mol. The lowest BCUT2D eigenvalue weighted by molar-refractivity contribution is 0.131. The Balaban J connectivity index is 2.60. The molecule has 0 amide bonds. The first kappa shape index (κ1) is 12.3. The van der Waals surface area contributed by atoms with Gasteiger partial charge >= 0.3 is 5.63 Å². The van der Waals surface area contributed by atoms with Gasteiger partial charge in [0.25, 0.3) is 0 Å². The van der Waals surface area contributed by atoms with Gasteiger partial charge in [0.1, 0.15) is 16.9 Å². The molecule has 0 aliphatic rings. The van der Waals surface area contributed by atoms with Crippen LogP contribution in [0.2, 0.25) is 0 Å². The van der Waals surface area contributed by atoms with E-state index in [1.165, 1.54) is 12.1 Å². The highest BCUT2D eigenvalue weighted by Crippen LogP contribution is 2.32. The summed E-state index contributed by atoms with van der Waals surface area (Å²) in [5, 5.41) is 19.1. The fraction of sp³-hybridized carbons (Fsp3) is 0.308. The first-order valence-electron chi connectivity index (χ1n) is 5.46. The van der Waals surface area contributed by atoms with Gasteiger partial charge in [-0.1, -0.05) is 0 Å². The van der Waals surface area contributed by atoms with Gasteiger partial charge in [-0.2, -0.15) is 0 Å². The standard InChI is InChI=1S/C13H14O5/c1-13(2,3)18-7-4-5-8-9(6-7)17-12(16)11(15)10(8)14/h4-6,14-15H,1-3H3. The average molecular weight is 250 g/mol. The van der Waals surface area contributed by atoms with Crippen LogP contribution >= 0.6 is 0 Å². The molecule has 0 radical (unpaired) electrons. The lowest BCUT2D eigenvalue weighted by Crippen LogP contribution is -2.22. The van der Waals surface area contributed by atoms with Gasteiger partial charge in [-0.3, -0.25) is 0 Å². The Morgan fingerprint density at radius 1 is 1.17 bits per heavy atom. The van der Waals surface area contributed by atoms with Crippen molar-refractivity contribution in [1.82, 2.24) is 0 Å². The normalized spacial score (nSPS) is 11.7. The number of rotatable bonds is 1. The Morgan fingerprint density at radius 3 is 2.44 bits per heavy atom. The van der Waals surface area contributed by atoms with E-state index in [1.54, 1.807) is 6.07 Å².